The van der Waals surface area contributed by atoms with Gasteiger partial charge in [-0.25, -0.2) is 15.0 Å². The first kappa shape index (κ1) is 19.8. The van der Waals surface area contributed by atoms with Crippen LogP contribution in [0.3, 0.4) is 0 Å². The Morgan fingerprint density at radius 3 is 2.90 bits per heavy atom. The van der Waals surface area contributed by atoms with Gasteiger partial charge in [-0.15, -0.1) is 0 Å². The normalized spacial score (nSPS) is 23.5. The maximum Gasteiger partial charge on any atom is 0.270 e. The van der Waals surface area contributed by atoms with Gasteiger partial charge in [-0.3, -0.25) is 4.79 Å². The molecule has 2 N–H and O–H groups in total. The number of aliphatic hydroxyl groups excluding tert-OH is 1. The number of carbonyl (C=O) groups excluding carboxylic acids is 1. The molecule has 2 aliphatic rings. The first-order valence-electron chi connectivity index (χ1n) is 10.4. The Kier molecular flexibility index (Phi) is 5.25. The van der Waals surface area contributed by atoms with Crippen LogP contribution in [-0.2, 0) is 6.61 Å². The van der Waals surface area contributed by atoms with Gasteiger partial charge in [-0.05, 0) is 50.7 Å². The highest BCUT2D eigenvalue weighted by Gasteiger charge is 2.51. The van der Waals surface area contributed by atoms with Crippen LogP contribution in [0.4, 0.5) is 5.82 Å². The fraction of sp³-hybridized carbons (Fsp3) is 0.545. The van der Waals surface area contributed by atoms with Gasteiger partial charge >= 0.3 is 0 Å². The third-order valence-corrected chi connectivity index (χ3v) is 6.19. The molecule has 2 atom stereocenters. The number of anilines is 1. The van der Waals surface area contributed by atoms with Crippen molar-refractivity contribution in [3.05, 3.63) is 47.2 Å². The minimum Gasteiger partial charge on any atom is -0.388 e. The average molecular weight is 396 g/mol. The zero-order valence-electron chi connectivity index (χ0n) is 17.4. The molecular formula is C22H29N5O2. The zero-order valence-corrected chi connectivity index (χ0v) is 17.4. The molecule has 0 radical (unpaired) electrons. The van der Waals surface area contributed by atoms with Crippen molar-refractivity contribution in [3.63, 3.8) is 0 Å². The van der Waals surface area contributed by atoms with E-state index in [0.717, 1.165) is 49.4 Å². The van der Waals surface area contributed by atoms with Crippen molar-refractivity contribution in [2.45, 2.75) is 70.6 Å². The SMILES string of the molecule is Cc1cc(N2CCC3(NC(=O)c4cccc(C(C)C)n4)CCCC23)nc(CO)n1. The monoisotopic (exact) mass is 395 g/mol. The molecule has 4 rings (SSSR count). The minimum atomic E-state index is -0.259. The number of hydrogen-bond acceptors (Lipinski definition) is 6. The number of fused-ring (bicyclic) bond motifs is 1. The van der Waals surface area contributed by atoms with E-state index in [0.29, 0.717) is 11.5 Å². The van der Waals surface area contributed by atoms with Gasteiger partial charge in [0, 0.05) is 24.0 Å². The van der Waals surface area contributed by atoms with Gasteiger partial charge in [-0.1, -0.05) is 19.9 Å². The van der Waals surface area contributed by atoms with Crippen molar-refractivity contribution in [1.82, 2.24) is 20.3 Å². The maximum atomic E-state index is 13.1. The summed E-state index contributed by atoms with van der Waals surface area (Å²) in [5.41, 5.74) is 1.99. The molecule has 0 bridgehead atoms. The molecule has 2 fully saturated rings. The Hall–Kier alpha value is -2.54. The average Bonchev–Trinajstić information content (AvgIpc) is 3.25. The lowest BCUT2D eigenvalue weighted by Gasteiger charge is -2.34. The fourth-order valence-corrected chi connectivity index (χ4v) is 4.78. The lowest BCUT2D eigenvalue weighted by Crippen LogP contribution is -2.53. The predicted octanol–water partition coefficient (Wildman–Crippen LogP) is 2.73. The van der Waals surface area contributed by atoms with Gasteiger partial charge in [0.1, 0.15) is 18.1 Å². The quantitative estimate of drug-likeness (QED) is 0.809. The Morgan fingerprint density at radius 1 is 1.31 bits per heavy atom. The molecule has 2 aromatic rings. The second kappa shape index (κ2) is 7.71. The highest BCUT2D eigenvalue weighted by Crippen LogP contribution is 2.43. The van der Waals surface area contributed by atoms with Crippen LogP contribution >= 0.6 is 0 Å². The first-order chi connectivity index (χ1) is 13.9. The van der Waals surface area contributed by atoms with E-state index in [1.165, 1.54) is 0 Å². The Bertz CT molecular complexity index is 916. The van der Waals surface area contributed by atoms with Crippen LogP contribution in [0.2, 0.25) is 0 Å². The summed E-state index contributed by atoms with van der Waals surface area (Å²) in [6.07, 6.45) is 3.92. The molecule has 0 aromatic carbocycles. The summed E-state index contributed by atoms with van der Waals surface area (Å²) in [4.78, 5) is 28.7. The van der Waals surface area contributed by atoms with E-state index in [1.807, 2.05) is 25.1 Å². The molecule has 1 saturated heterocycles. The number of pyridine rings is 1. The number of aryl methyl sites for hydroxylation is 1. The van der Waals surface area contributed by atoms with Crippen LogP contribution in [0.5, 0.6) is 0 Å². The maximum absolute atomic E-state index is 13.1. The van der Waals surface area contributed by atoms with Crippen LogP contribution in [0.15, 0.2) is 24.3 Å². The third-order valence-electron chi connectivity index (χ3n) is 6.19. The van der Waals surface area contributed by atoms with Crippen LogP contribution in [0, 0.1) is 6.92 Å². The van der Waals surface area contributed by atoms with Gasteiger partial charge < -0.3 is 15.3 Å². The van der Waals surface area contributed by atoms with Crippen LogP contribution in [-0.4, -0.2) is 44.1 Å². The number of nitrogens with zero attached hydrogens (tertiary/aromatic N) is 4. The lowest BCUT2D eigenvalue weighted by molar-refractivity contribution is 0.0894. The molecule has 2 unspecified atom stereocenters. The van der Waals surface area contributed by atoms with E-state index >= 15 is 0 Å². The number of hydrogen-bond donors (Lipinski definition) is 2. The van der Waals surface area contributed by atoms with Crippen LogP contribution < -0.4 is 10.2 Å². The predicted molar refractivity (Wildman–Crippen MR) is 111 cm³/mol. The minimum absolute atomic E-state index is 0.101. The number of aromatic nitrogens is 3. The van der Waals surface area contributed by atoms with Gasteiger partial charge in [0.05, 0.1) is 11.6 Å². The number of amides is 1. The zero-order chi connectivity index (χ0) is 20.6. The molecule has 29 heavy (non-hydrogen) atoms. The number of nitrogens with one attached hydrogen (secondary N) is 1. The molecule has 0 spiro atoms. The molecule has 7 heteroatoms. The molecule has 2 aromatic heterocycles. The summed E-state index contributed by atoms with van der Waals surface area (Å²) in [5, 5.41) is 12.8. The first-order valence-corrected chi connectivity index (χ1v) is 10.4. The van der Waals surface area contributed by atoms with E-state index in [9.17, 15) is 9.90 Å². The molecular weight excluding hydrogens is 366 g/mol. The second-order valence-electron chi connectivity index (χ2n) is 8.51. The molecule has 154 valence electrons. The van der Waals surface area contributed by atoms with Crippen molar-refractivity contribution in [1.29, 1.82) is 0 Å². The highest BCUT2D eigenvalue weighted by molar-refractivity contribution is 5.93. The summed E-state index contributed by atoms with van der Waals surface area (Å²) in [5.74, 6) is 1.46. The van der Waals surface area contributed by atoms with E-state index < -0.39 is 0 Å². The van der Waals surface area contributed by atoms with Crippen molar-refractivity contribution < 1.29 is 9.90 Å². The Morgan fingerprint density at radius 2 is 2.14 bits per heavy atom. The largest absolute Gasteiger partial charge is 0.388 e. The number of aliphatic hydroxyl groups is 1. The van der Waals surface area contributed by atoms with Gasteiger partial charge in [-0.2, -0.15) is 0 Å². The number of carbonyl (C=O) groups is 1. The van der Waals surface area contributed by atoms with Gasteiger partial charge in [0.15, 0.2) is 5.82 Å². The van der Waals surface area contributed by atoms with Gasteiger partial charge in [0.25, 0.3) is 5.91 Å². The van der Waals surface area contributed by atoms with E-state index in [4.69, 9.17) is 0 Å². The van der Waals surface area contributed by atoms with E-state index in [2.05, 4.69) is 39.0 Å². The smallest absolute Gasteiger partial charge is 0.270 e. The van der Waals surface area contributed by atoms with E-state index in [-0.39, 0.29) is 30.0 Å². The highest BCUT2D eigenvalue weighted by atomic mass is 16.3. The molecule has 1 amide bonds. The third kappa shape index (κ3) is 3.71. The summed E-state index contributed by atoms with van der Waals surface area (Å²) in [7, 11) is 0. The Labute approximate surface area is 171 Å². The summed E-state index contributed by atoms with van der Waals surface area (Å²) in [6, 6.07) is 7.81. The molecule has 3 heterocycles. The molecule has 1 saturated carbocycles. The van der Waals surface area contributed by atoms with Crippen molar-refractivity contribution in [2.24, 2.45) is 0 Å². The van der Waals surface area contributed by atoms with Crippen molar-refractivity contribution >= 4 is 11.7 Å². The van der Waals surface area contributed by atoms with Gasteiger partial charge in [0.2, 0.25) is 0 Å². The van der Waals surface area contributed by atoms with Crippen molar-refractivity contribution in [2.75, 3.05) is 11.4 Å². The molecule has 1 aliphatic heterocycles. The van der Waals surface area contributed by atoms with E-state index in [1.54, 1.807) is 6.07 Å². The topological polar surface area (TPSA) is 91.2 Å². The standard InChI is InChI=1S/C22H29N5O2/c1-14(2)16-6-4-7-17(24-16)21(29)26-22-9-5-8-18(22)27(11-10-22)20-12-15(3)23-19(13-28)25-20/h4,6-7,12,14,18,28H,5,8-11,13H2,1-3H3,(H,26,29). The summed E-state index contributed by atoms with van der Waals surface area (Å²) in [6.45, 7) is 6.72. The molecule has 7 nitrogen and oxygen atoms in total. The van der Waals surface area contributed by atoms with Crippen LogP contribution in [0.1, 0.15) is 73.1 Å². The number of rotatable bonds is 5. The fourth-order valence-electron chi connectivity index (χ4n) is 4.78. The summed E-state index contributed by atoms with van der Waals surface area (Å²) >= 11 is 0. The Balaban J connectivity index is 1.57. The van der Waals surface area contributed by atoms with Crippen molar-refractivity contribution in [3.8, 4) is 0 Å². The second-order valence-corrected chi connectivity index (χ2v) is 8.51. The molecule has 1 aliphatic carbocycles. The van der Waals surface area contributed by atoms with Crippen LogP contribution in [0.25, 0.3) is 0 Å². The lowest BCUT2D eigenvalue weighted by atomic mass is 9.92. The summed E-state index contributed by atoms with van der Waals surface area (Å²) < 4.78 is 0.